The molecule has 160 valence electrons. The van der Waals surface area contributed by atoms with E-state index in [9.17, 15) is 9.59 Å². The first-order valence-corrected chi connectivity index (χ1v) is 11.4. The zero-order valence-electron chi connectivity index (χ0n) is 18.7. The summed E-state index contributed by atoms with van der Waals surface area (Å²) in [6.45, 7) is 4.41. The van der Waals surface area contributed by atoms with Crippen molar-refractivity contribution in [3.05, 3.63) is 113 Å². The van der Waals surface area contributed by atoms with Crippen LogP contribution < -0.4 is 0 Å². The molecule has 0 heterocycles. The Hall–Kier alpha value is -3.26. The van der Waals surface area contributed by atoms with Crippen LogP contribution in [-0.4, -0.2) is 11.6 Å². The Kier molecular flexibility index (Phi) is 4.97. The van der Waals surface area contributed by atoms with E-state index in [1.807, 2.05) is 66.7 Å². The second kappa shape index (κ2) is 7.70. The van der Waals surface area contributed by atoms with Gasteiger partial charge in [0.25, 0.3) is 0 Å². The number of allylic oxidation sites excluding steroid dienone is 1. The predicted molar refractivity (Wildman–Crippen MR) is 128 cm³/mol. The van der Waals surface area contributed by atoms with E-state index in [-0.39, 0.29) is 16.6 Å². The van der Waals surface area contributed by atoms with Crippen LogP contribution in [0.3, 0.4) is 0 Å². The standard InChI is InChI=1S/C30H28O2/c1-29-17-16-25(19-27(29)31)30(29,2)20-26(21-10-5-3-6-11-21)23-14-9-15-24(18-23)28(32)22-12-7-4-8-13-22/h3-15,18,20,25H,16-17,19H2,1-2H3. The molecule has 2 aliphatic carbocycles. The minimum Gasteiger partial charge on any atom is -0.299 e. The molecule has 2 fully saturated rings. The van der Waals surface area contributed by atoms with Gasteiger partial charge in [0.15, 0.2) is 5.78 Å². The fraction of sp³-hybridized carbons (Fsp3) is 0.267. The third kappa shape index (κ3) is 3.17. The number of rotatable bonds is 5. The molecule has 0 radical (unpaired) electrons. The molecule has 5 rings (SSSR count). The average Bonchev–Trinajstić information content (AvgIpc) is 3.19. The Bertz CT molecular complexity index is 1210. The lowest BCUT2D eigenvalue weighted by molar-refractivity contribution is -0.127. The maximum Gasteiger partial charge on any atom is 0.193 e. The van der Waals surface area contributed by atoms with E-state index in [4.69, 9.17) is 0 Å². The minimum absolute atomic E-state index is 0.0224. The van der Waals surface area contributed by atoms with Crippen molar-refractivity contribution >= 4 is 17.1 Å². The molecule has 0 aliphatic heterocycles. The van der Waals surface area contributed by atoms with Gasteiger partial charge in [-0.15, -0.1) is 0 Å². The second-order valence-electron chi connectivity index (χ2n) is 9.68. The third-order valence-corrected chi connectivity index (χ3v) is 8.08. The molecular weight excluding hydrogens is 392 g/mol. The van der Waals surface area contributed by atoms with Crippen molar-refractivity contribution in [2.75, 3.05) is 0 Å². The molecule has 32 heavy (non-hydrogen) atoms. The molecule has 2 nitrogen and oxygen atoms in total. The van der Waals surface area contributed by atoms with Crippen molar-refractivity contribution in [2.45, 2.75) is 33.1 Å². The van der Waals surface area contributed by atoms with Crippen molar-refractivity contribution < 1.29 is 9.59 Å². The average molecular weight is 421 g/mol. The van der Waals surface area contributed by atoms with Crippen molar-refractivity contribution in [1.29, 1.82) is 0 Å². The summed E-state index contributed by atoms with van der Waals surface area (Å²) in [7, 11) is 0. The first kappa shape index (κ1) is 20.6. The lowest BCUT2D eigenvalue weighted by Crippen LogP contribution is -2.33. The molecule has 2 aliphatic rings. The summed E-state index contributed by atoms with van der Waals surface area (Å²) < 4.78 is 0. The summed E-state index contributed by atoms with van der Waals surface area (Å²) in [5.74, 6) is 0.801. The van der Waals surface area contributed by atoms with Crippen molar-refractivity contribution in [3.63, 3.8) is 0 Å². The van der Waals surface area contributed by atoms with Gasteiger partial charge >= 0.3 is 0 Å². The Balaban J connectivity index is 1.63. The molecule has 2 heteroatoms. The van der Waals surface area contributed by atoms with E-state index in [0.29, 0.717) is 29.2 Å². The van der Waals surface area contributed by atoms with Crippen LogP contribution in [-0.2, 0) is 4.79 Å². The van der Waals surface area contributed by atoms with E-state index in [2.05, 4.69) is 38.1 Å². The van der Waals surface area contributed by atoms with Gasteiger partial charge in [-0.3, -0.25) is 9.59 Å². The largest absolute Gasteiger partial charge is 0.299 e. The van der Waals surface area contributed by atoms with Crippen LogP contribution in [0.4, 0.5) is 0 Å². The number of Topliss-reactive ketones (excluding diaryl/α,β-unsaturated/α-hetero) is 1. The lowest BCUT2D eigenvalue weighted by Gasteiger charge is -2.35. The monoisotopic (exact) mass is 420 g/mol. The van der Waals surface area contributed by atoms with Gasteiger partial charge in [0, 0.05) is 28.4 Å². The highest BCUT2D eigenvalue weighted by Gasteiger charge is 2.62. The van der Waals surface area contributed by atoms with Gasteiger partial charge in [0.1, 0.15) is 5.78 Å². The quantitative estimate of drug-likeness (QED) is 0.428. The maximum absolute atomic E-state index is 13.1. The topological polar surface area (TPSA) is 34.1 Å². The third-order valence-electron chi connectivity index (χ3n) is 8.08. The van der Waals surface area contributed by atoms with Gasteiger partial charge in [-0.1, -0.05) is 98.8 Å². The van der Waals surface area contributed by atoms with Crippen LogP contribution in [0.5, 0.6) is 0 Å². The van der Waals surface area contributed by atoms with E-state index in [1.54, 1.807) is 0 Å². The van der Waals surface area contributed by atoms with Crippen LogP contribution in [0.1, 0.15) is 60.2 Å². The number of hydrogen-bond donors (Lipinski definition) is 0. The Morgan fingerprint density at radius 1 is 0.812 bits per heavy atom. The van der Waals surface area contributed by atoms with Gasteiger partial charge in [0.05, 0.1) is 0 Å². The molecule has 3 aromatic carbocycles. The molecule has 2 bridgehead atoms. The van der Waals surface area contributed by atoms with E-state index < -0.39 is 0 Å². The minimum atomic E-state index is -0.310. The Morgan fingerprint density at radius 3 is 2.00 bits per heavy atom. The van der Waals surface area contributed by atoms with Gasteiger partial charge < -0.3 is 0 Å². The first-order valence-electron chi connectivity index (χ1n) is 11.4. The summed E-state index contributed by atoms with van der Waals surface area (Å²) >= 11 is 0. The van der Waals surface area contributed by atoms with E-state index in [1.165, 1.54) is 0 Å². The molecule has 0 N–H and O–H groups in total. The van der Waals surface area contributed by atoms with Crippen molar-refractivity contribution in [3.8, 4) is 0 Å². The highest BCUT2D eigenvalue weighted by molar-refractivity contribution is 6.09. The van der Waals surface area contributed by atoms with Gasteiger partial charge in [0.2, 0.25) is 0 Å². The summed E-state index contributed by atoms with van der Waals surface area (Å²) in [5, 5.41) is 0. The first-order chi connectivity index (χ1) is 15.4. The Labute approximate surface area is 190 Å². The van der Waals surface area contributed by atoms with E-state index >= 15 is 0 Å². The number of fused-ring (bicyclic) bond motifs is 2. The maximum atomic E-state index is 13.1. The van der Waals surface area contributed by atoms with Gasteiger partial charge in [-0.05, 0) is 41.5 Å². The zero-order valence-corrected chi connectivity index (χ0v) is 18.7. The molecular formula is C30H28O2. The zero-order chi connectivity index (χ0) is 22.3. The summed E-state index contributed by atoms with van der Waals surface area (Å²) in [4.78, 5) is 26.0. The fourth-order valence-corrected chi connectivity index (χ4v) is 5.80. The smallest absolute Gasteiger partial charge is 0.193 e. The number of ketones is 2. The van der Waals surface area contributed by atoms with Crippen LogP contribution in [0.15, 0.2) is 91.0 Å². The Morgan fingerprint density at radius 2 is 1.41 bits per heavy atom. The van der Waals surface area contributed by atoms with Crippen molar-refractivity contribution in [1.82, 2.24) is 0 Å². The predicted octanol–water partition coefficient (Wildman–Crippen LogP) is 6.74. The van der Waals surface area contributed by atoms with Gasteiger partial charge in [-0.2, -0.15) is 0 Å². The molecule has 3 aromatic rings. The summed E-state index contributed by atoms with van der Waals surface area (Å²) in [6, 6.07) is 27.6. The highest BCUT2D eigenvalue weighted by Crippen LogP contribution is 2.65. The highest BCUT2D eigenvalue weighted by atomic mass is 16.1. The summed E-state index contributed by atoms with van der Waals surface area (Å²) in [5.41, 5.74) is 4.10. The van der Waals surface area contributed by atoms with Crippen LogP contribution >= 0.6 is 0 Å². The normalized spacial score (nSPS) is 27.0. The molecule has 0 saturated heterocycles. The molecule has 3 unspecified atom stereocenters. The molecule has 0 spiro atoms. The number of benzene rings is 3. The van der Waals surface area contributed by atoms with Crippen LogP contribution in [0, 0.1) is 16.7 Å². The lowest BCUT2D eigenvalue weighted by atomic mass is 9.67. The van der Waals surface area contributed by atoms with Crippen LogP contribution in [0.25, 0.3) is 5.57 Å². The number of carbonyl (C=O) groups is 2. The van der Waals surface area contributed by atoms with Crippen molar-refractivity contribution in [2.24, 2.45) is 16.7 Å². The molecule has 0 amide bonds. The fourth-order valence-electron chi connectivity index (χ4n) is 5.80. The molecule has 2 saturated carbocycles. The van der Waals surface area contributed by atoms with Gasteiger partial charge in [-0.25, -0.2) is 0 Å². The second-order valence-corrected chi connectivity index (χ2v) is 9.68. The van der Waals surface area contributed by atoms with E-state index in [0.717, 1.165) is 29.5 Å². The van der Waals surface area contributed by atoms with Crippen LogP contribution in [0.2, 0.25) is 0 Å². The molecule has 0 aromatic heterocycles. The molecule has 3 atom stereocenters. The SMILES string of the molecule is CC12CCC(CC1=O)C2(C)C=C(c1ccccc1)c1cccc(C(=O)c2ccccc2)c1. The number of carbonyl (C=O) groups excluding carboxylic acids is 2. The number of hydrogen-bond acceptors (Lipinski definition) is 2. The summed E-state index contributed by atoms with van der Waals surface area (Å²) in [6.07, 6.45) is 5.08.